The predicted octanol–water partition coefficient (Wildman–Crippen LogP) is 4.03. The lowest BCUT2D eigenvalue weighted by Gasteiger charge is -2.34. The topological polar surface area (TPSA) is 49.3 Å². The van der Waals surface area contributed by atoms with Crippen LogP contribution in [0.15, 0.2) is 41.4 Å². The molecule has 1 aromatic carbocycles. The number of thiazole rings is 1. The number of halogens is 1. The number of pyridine rings is 1. The van der Waals surface area contributed by atoms with Crippen molar-refractivity contribution in [3.05, 3.63) is 47.1 Å². The predicted molar refractivity (Wildman–Crippen MR) is 109 cm³/mol. The first-order valence-electron chi connectivity index (χ1n) is 8.25. The molecule has 5 nitrogen and oxygen atoms in total. The van der Waals surface area contributed by atoms with Crippen molar-refractivity contribution in [1.29, 1.82) is 0 Å². The third-order valence-electron chi connectivity index (χ3n) is 4.40. The van der Waals surface area contributed by atoms with Crippen LogP contribution < -0.4 is 4.90 Å². The number of fused-ring (bicyclic) bond motifs is 1. The largest absolute Gasteiger partial charge is 0.344 e. The summed E-state index contributed by atoms with van der Waals surface area (Å²) in [5.41, 5.74) is 1.50. The molecule has 1 amide bonds. The van der Waals surface area contributed by atoms with Gasteiger partial charge >= 0.3 is 0 Å². The van der Waals surface area contributed by atoms with Crippen LogP contribution in [0.1, 0.15) is 10.4 Å². The van der Waals surface area contributed by atoms with Gasteiger partial charge in [-0.05, 0) is 36.6 Å². The zero-order valence-electron chi connectivity index (χ0n) is 14.2. The van der Waals surface area contributed by atoms with Crippen molar-refractivity contribution < 1.29 is 4.79 Å². The van der Waals surface area contributed by atoms with Crippen LogP contribution in [-0.4, -0.2) is 53.2 Å². The van der Waals surface area contributed by atoms with E-state index in [-0.39, 0.29) is 5.91 Å². The number of benzene rings is 1. The third kappa shape index (κ3) is 3.39. The monoisotopic (exact) mass is 404 g/mol. The summed E-state index contributed by atoms with van der Waals surface area (Å²) < 4.78 is 0. The van der Waals surface area contributed by atoms with Gasteiger partial charge in [-0.3, -0.25) is 4.79 Å². The maximum absolute atomic E-state index is 12.9. The maximum atomic E-state index is 12.9. The van der Waals surface area contributed by atoms with E-state index in [0.717, 1.165) is 33.5 Å². The summed E-state index contributed by atoms with van der Waals surface area (Å²) in [6.07, 6.45) is 3.77. The van der Waals surface area contributed by atoms with Crippen LogP contribution in [0.2, 0.25) is 5.02 Å². The molecule has 3 heterocycles. The Balaban J connectivity index is 1.47. The van der Waals surface area contributed by atoms with E-state index in [9.17, 15) is 4.79 Å². The van der Waals surface area contributed by atoms with E-state index in [2.05, 4.69) is 14.9 Å². The second-order valence-electron chi connectivity index (χ2n) is 5.95. The highest BCUT2D eigenvalue weighted by Gasteiger charge is 2.25. The SMILES string of the molecule is CSc1ccc(Cl)c(C(=O)N2CCN(c3nc4cccnc4s3)CC2)c1. The molecule has 26 heavy (non-hydrogen) atoms. The smallest absolute Gasteiger partial charge is 0.255 e. The fourth-order valence-corrected chi connectivity index (χ4v) is 4.56. The molecule has 0 aliphatic carbocycles. The zero-order chi connectivity index (χ0) is 18.1. The van der Waals surface area contributed by atoms with E-state index in [0.29, 0.717) is 23.7 Å². The normalized spacial score (nSPS) is 14.8. The highest BCUT2D eigenvalue weighted by molar-refractivity contribution is 7.98. The van der Waals surface area contributed by atoms with Gasteiger partial charge in [-0.15, -0.1) is 11.8 Å². The van der Waals surface area contributed by atoms with Crippen LogP contribution in [0.4, 0.5) is 5.13 Å². The van der Waals surface area contributed by atoms with Crippen LogP contribution in [0.25, 0.3) is 10.3 Å². The molecule has 1 aliphatic heterocycles. The number of amides is 1. The molecular weight excluding hydrogens is 388 g/mol. The highest BCUT2D eigenvalue weighted by Crippen LogP contribution is 2.29. The van der Waals surface area contributed by atoms with Crippen molar-refractivity contribution in [2.24, 2.45) is 0 Å². The molecule has 1 fully saturated rings. The summed E-state index contributed by atoms with van der Waals surface area (Å²) in [6.45, 7) is 2.82. The molecule has 0 N–H and O–H groups in total. The third-order valence-corrected chi connectivity index (χ3v) is 6.49. The summed E-state index contributed by atoms with van der Waals surface area (Å²) in [5.74, 6) is -0.00323. The first-order valence-corrected chi connectivity index (χ1v) is 10.7. The standard InChI is InChI=1S/C18H17ClN4OS2/c1-25-12-4-5-14(19)13(11-12)17(24)22-7-9-23(10-8-22)18-21-15-3-2-6-20-16(15)26-18/h2-6,11H,7-10H2,1H3. The number of hydrogen-bond acceptors (Lipinski definition) is 6. The number of thioether (sulfide) groups is 1. The Kier molecular flexibility index (Phi) is 5.02. The molecule has 3 aromatic rings. The highest BCUT2D eigenvalue weighted by atomic mass is 35.5. The van der Waals surface area contributed by atoms with Crippen LogP contribution in [-0.2, 0) is 0 Å². The molecular formula is C18H17ClN4OS2. The molecule has 134 valence electrons. The van der Waals surface area contributed by atoms with Gasteiger partial charge in [0.1, 0.15) is 10.3 Å². The number of piperazine rings is 1. The Labute approximate surface area is 165 Å². The van der Waals surface area contributed by atoms with Gasteiger partial charge in [0.05, 0.1) is 10.6 Å². The van der Waals surface area contributed by atoms with E-state index in [1.165, 1.54) is 0 Å². The summed E-state index contributed by atoms with van der Waals surface area (Å²) in [5, 5.41) is 1.47. The van der Waals surface area contributed by atoms with Crippen LogP contribution >= 0.6 is 34.7 Å². The van der Waals surface area contributed by atoms with Crippen molar-refractivity contribution in [3.63, 3.8) is 0 Å². The van der Waals surface area contributed by atoms with Gasteiger partial charge in [-0.1, -0.05) is 22.9 Å². The lowest BCUT2D eigenvalue weighted by atomic mass is 10.2. The number of rotatable bonds is 3. The van der Waals surface area contributed by atoms with Crippen molar-refractivity contribution in [3.8, 4) is 0 Å². The maximum Gasteiger partial charge on any atom is 0.255 e. The molecule has 0 unspecified atom stereocenters. The van der Waals surface area contributed by atoms with Gasteiger partial charge in [0.25, 0.3) is 5.91 Å². The van der Waals surface area contributed by atoms with Crippen molar-refractivity contribution in [2.75, 3.05) is 37.3 Å². The second-order valence-corrected chi connectivity index (χ2v) is 8.19. The minimum atomic E-state index is -0.00323. The molecule has 1 aliphatic rings. The number of carbonyl (C=O) groups is 1. The summed E-state index contributed by atoms with van der Waals surface area (Å²) in [6, 6.07) is 9.48. The van der Waals surface area contributed by atoms with Crippen molar-refractivity contribution in [2.45, 2.75) is 4.90 Å². The van der Waals surface area contributed by atoms with Crippen LogP contribution in [0, 0.1) is 0 Å². The van der Waals surface area contributed by atoms with E-state index >= 15 is 0 Å². The lowest BCUT2D eigenvalue weighted by Crippen LogP contribution is -2.48. The minimum Gasteiger partial charge on any atom is -0.344 e. The molecule has 1 saturated heterocycles. The molecule has 4 rings (SSSR count). The molecule has 0 bridgehead atoms. The Morgan fingerprint density at radius 1 is 1.23 bits per heavy atom. The summed E-state index contributed by atoms with van der Waals surface area (Å²) in [7, 11) is 0. The Hall–Kier alpha value is -1.83. The van der Waals surface area contributed by atoms with Gasteiger partial charge in [0, 0.05) is 37.3 Å². The van der Waals surface area contributed by atoms with E-state index in [1.807, 2.05) is 35.4 Å². The molecule has 2 aromatic heterocycles. The zero-order valence-corrected chi connectivity index (χ0v) is 16.6. The van der Waals surface area contributed by atoms with E-state index < -0.39 is 0 Å². The van der Waals surface area contributed by atoms with Gasteiger partial charge in [-0.2, -0.15) is 0 Å². The van der Waals surface area contributed by atoms with E-state index in [1.54, 1.807) is 35.4 Å². The minimum absolute atomic E-state index is 0.00323. The quantitative estimate of drug-likeness (QED) is 0.617. The summed E-state index contributed by atoms with van der Waals surface area (Å²) in [4.78, 5) is 27.9. The molecule has 0 saturated carbocycles. The average molecular weight is 405 g/mol. The summed E-state index contributed by atoms with van der Waals surface area (Å²) >= 11 is 9.45. The Morgan fingerprint density at radius 2 is 2.04 bits per heavy atom. The average Bonchev–Trinajstić information content (AvgIpc) is 3.12. The fraction of sp³-hybridized carbons (Fsp3) is 0.278. The van der Waals surface area contributed by atoms with Gasteiger partial charge < -0.3 is 9.80 Å². The first kappa shape index (κ1) is 17.6. The Bertz CT molecular complexity index is 920. The van der Waals surface area contributed by atoms with Crippen molar-refractivity contribution >= 4 is 56.1 Å². The number of carbonyl (C=O) groups excluding carboxylic acids is 1. The van der Waals surface area contributed by atoms with Crippen LogP contribution in [0.5, 0.6) is 0 Å². The molecule has 0 spiro atoms. The first-order chi connectivity index (χ1) is 12.7. The lowest BCUT2D eigenvalue weighted by molar-refractivity contribution is 0.0746. The molecule has 8 heteroatoms. The fourth-order valence-electron chi connectivity index (χ4n) is 2.96. The van der Waals surface area contributed by atoms with Gasteiger partial charge in [0.2, 0.25) is 0 Å². The number of hydrogen-bond donors (Lipinski definition) is 0. The van der Waals surface area contributed by atoms with Crippen molar-refractivity contribution in [1.82, 2.24) is 14.9 Å². The number of anilines is 1. The number of aromatic nitrogens is 2. The number of nitrogens with zero attached hydrogens (tertiary/aromatic N) is 4. The Morgan fingerprint density at radius 3 is 2.77 bits per heavy atom. The van der Waals surface area contributed by atoms with Crippen LogP contribution in [0.3, 0.4) is 0 Å². The second kappa shape index (κ2) is 7.42. The van der Waals surface area contributed by atoms with Gasteiger partial charge in [-0.25, -0.2) is 9.97 Å². The molecule has 0 radical (unpaired) electrons. The molecule has 0 atom stereocenters. The van der Waals surface area contributed by atoms with E-state index in [4.69, 9.17) is 11.6 Å². The van der Waals surface area contributed by atoms with Gasteiger partial charge in [0.15, 0.2) is 5.13 Å².